The van der Waals surface area contributed by atoms with Crippen LogP contribution in [0.4, 0.5) is 39.5 Å². The van der Waals surface area contributed by atoms with E-state index < -0.39 is 59.9 Å². The van der Waals surface area contributed by atoms with Gasteiger partial charge in [-0.1, -0.05) is 98.7 Å². The van der Waals surface area contributed by atoms with Crippen LogP contribution in [0, 0.1) is 0 Å². The maximum Gasteiger partial charge on any atom is 0.460 e. The van der Waals surface area contributed by atoms with Gasteiger partial charge in [-0.05, 0) is 79.6 Å². The molecular formula is C34H39F9O3S2. The van der Waals surface area contributed by atoms with Gasteiger partial charge < -0.3 is 0 Å². The maximum atomic E-state index is 15.3. The lowest BCUT2D eigenvalue weighted by Crippen LogP contribution is -2.63. The molecular weight excluding hydrogens is 691 g/mol. The molecule has 0 atom stereocenters. The van der Waals surface area contributed by atoms with Crippen molar-refractivity contribution in [2.24, 2.45) is 0 Å². The van der Waals surface area contributed by atoms with E-state index in [0.29, 0.717) is 16.7 Å². The third-order valence-electron chi connectivity index (χ3n) is 7.78. The van der Waals surface area contributed by atoms with Crippen molar-refractivity contribution in [2.75, 3.05) is 0 Å². The zero-order valence-corrected chi connectivity index (χ0v) is 29.5. The molecule has 0 N–H and O–H groups in total. The monoisotopic (exact) mass is 730 g/mol. The SMILES string of the molecule is CC(C)(C)c1ccc(S(OS(=O)(=O)C(F)(F)C(F)(F)C(F)(F)C(F)(F)F)(c2ccc(C(C)(C)C)cc2)c2ccc(C(C)(C)C)cc2)cc1. The molecule has 48 heavy (non-hydrogen) atoms. The van der Waals surface area contributed by atoms with Crippen LogP contribution in [0.5, 0.6) is 0 Å². The third-order valence-corrected chi connectivity index (χ3v) is 13.0. The highest BCUT2D eigenvalue weighted by atomic mass is 32.3. The molecule has 0 amide bonds. The molecule has 268 valence electrons. The van der Waals surface area contributed by atoms with Crippen molar-refractivity contribution >= 4 is 20.4 Å². The maximum absolute atomic E-state index is 15.3. The minimum Gasteiger partial charge on any atom is -0.202 e. The third kappa shape index (κ3) is 6.98. The van der Waals surface area contributed by atoms with E-state index in [9.17, 15) is 39.2 Å². The van der Waals surface area contributed by atoms with Crippen molar-refractivity contribution in [3.63, 3.8) is 0 Å². The van der Waals surface area contributed by atoms with Crippen molar-refractivity contribution in [1.82, 2.24) is 0 Å². The van der Waals surface area contributed by atoms with Gasteiger partial charge in [0.05, 0.1) is 0 Å². The number of halogens is 9. The fourth-order valence-corrected chi connectivity index (χ4v) is 9.84. The zero-order chi connectivity index (χ0) is 37.2. The minimum atomic E-state index is -7.47. The fourth-order valence-electron chi connectivity index (χ4n) is 4.66. The van der Waals surface area contributed by atoms with E-state index in [1.165, 1.54) is 72.8 Å². The highest BCUT2D eigenvalue weighted by Crippen LogP contribution is 2.71. The van der Waals surface area contributed by atoms with Crippen LogP contribution in [0.15, 0.2) is 87.5 Å². The van der Waals surface area contributed by atoms with E-state index in [4.69, 9.17) is 3.63 Å². The Morgan fingerprint density at radius 1 is 0.438 bits per heavy atom. The second-order valence-electron chi connectivity index (χ2n) is 14.6. The quantitative estimate of drug-likeness (QED) is 0.217. The predicted molar refractivity (Wildman–Crippen MR) is 169 cm³/mol. The smallest absolute Gasteiger partial charge is 0.202 e. The molecule has 0 fully saturated rings. The Balaban J connectivity index is 2.49. The largest absolute Gasteiger partial charge is 0.460 e. The molecule has 0 unspecified atom stereocenters. The van der Waals surface area contributed by atoms with Gasteiger partial charge in [-0.25, -0.2) is 3.63 Å². The second-order valence-corrected chi connectivity index (χ2v) is 19.1. The Kier molecular flexibility index (Phi) is 10.1. The first-order valence-corrected chi connectivity index (χ1v) is 17.6. The highest BCUT2D eigenvalue weighted by molar-refractivity contribution is 8.33. The van der Waals surface area contributed by atoms with Gasteiger partial charge in [0.15, 0.2) is 0 Å². The Morgan fingerprint density at radius 3 is 0.896 bits per heavy atom. The minimum absolute atomic E-state index is 0.132. The number of hydrogen-bond donors (Lipinski definition) is 0. The van der Waals surface area contributed by atoms with Gasteiger partial charge >= 0.3 is 33.4 Å². The van der Waals surface area contributed by atoms with Crippen LogP contribution in [0.25, 0.3) is 0 Å². The summed E-state index contributed by atoms with van der Waals surface area (Å²) in [6, 6.07) is 17.2. The Morgan fingerprint density at radius 2 is 0.688 bits per heavy atom. The van der Waals surface area contributed by atoms with Crippen molar-refractivity contribution in [2.45, 2.75) is 117 Å². The van der Waals surface area contributed by atoms with Crippen LogP contribution in [0.3, 0.4) is 0 Å². The number of hydrogen-bond acceptors (Lipinski definition) is 3. The number of rotatable bonds is 8. The van der Waals surface area contributed by atoms with E-state index in [1.54, 1.807) is 0 Å². The molecule has 14 heteroatoms. The molecule has 3 aromatic carbocycles. The van der Waals surface area contributed by atoms with Crippen LogP contribution in [0.1, 0.15) is 79.0 Å². The number of alkyl halides is 9. The summed E-state index contributed by atoms with van der Waals surface area (Å²) < 4.78 is 159. The Labute approximate surface area is 277 Å². The van der Waals surface area contributed by atoms with Gasteiger partial charge in [-0.15, -0.1) is 0 Å². The normalized spacial score (nSPS) is 15.0. The number of benzene rings is 3. The van der Waals surface area contributed by atoms with Crippen LogP contribution < -0.4 is 0 Å². The second kappa shape index (κ2) is 12.3. The molecule has 0 saturated heterocycles. The summed E-state index contributed by atoms with van der Waals surface area (Å²) in [7, 11) is -11.4. The van der Waals surface area contributed by atoms with Crippen molar-refractivity contribution in [3.8, 4) is 0 Å². The van der Waals surface area contributed by atoms with E-state index in [1.807, 2.05) is 62.3 Å². The summed E-state index contributed by atoms with van der Waals surface area (Å²) in [5, 5.41) is -7.06. The molecule has 0 aliphatic carbocycles. The molecule has 0 heterocycles. The molecule has 0 spiro atoms. The molecule has 0 radical (unpaired) electrons. The van der Waals surface area contributed by atoms with Gasteiger partial charge in [0.1, 0.15) is 0 Å². The van der Waals surface area contributed by atoms with Gasteiger partial charge in [-0.2, -0.15) is 47.9 Å². The van der Waals surface area contributed by atoms with Crippen LogP contribution in [-0.4, -0.2) is 31.7 Å². The molecule has 0 bridgehead atoms. The zero-order valence-electron chi connectivity index (χ0n) is 27.9. The summed E-state index contributed by atoms with van der Waals surface area (Å²) in [6.45, 7) is 16.7. The Bertz CT molecular complexity index is 1560. The van der Waals surface area contributed by atoms with Crippen molar-refractivity contribution in [3.05, 3.63) is 89.5 Å². The molecule has 0 aliphatic heterocycles. The fraction of sp³-hybridized carbons (Fsp3) is 0.471. The first-order chi connectivity index (χ1) is 21.3. The molecule has 0 aliphatic rings. The summed E-state index contributed by atoms with van der Waals surface area (Å²) in [5.41, 5.74) is 0.667. The summed E-state index contributed by atoms with van der Waals surface area (Å²) in [6.07, 6.45) is -7.23. The topological polar surface area (TPSA) is 43.4 Å². The van der Waals surface area contributed by atoms with E-state index >= 15 is 8.78 Å². The van der Waals surface area contributed by atoms with Crippen molar-refractivity contribution < 1.29 is 51.6 Å². The lowest BCUT2D eigenvalue weighted by Gasteiger charge is -2.42. The molecule has 0 aromatic heterocycles. The summed E-state index contributed by atoms with van der Waals surface area (Å²) in [5.74, 6) is -14.9. The lowest BCUT2D eigenvalue weighted by molar-refractivity contribution is -0.382. The van der Waals surface area contributed by atoms with Crippen LogP contribution in [-0.2, 0) is 30.0 Å². The van der Waals surface area contributed by atoms with Gasteiger partial charge in [0.2, 0.25) is 0 Å². The standard InChI is InChI=1S/C34H39F9O3S2/c1-28(2,3)22-10-16-25(17-11-22)47(26-18-12-23(13-19-26)29(4,5)6,27-20-14-24(15-21-27)30(7,8)9)46-48(44,45)34(42,43)32(37,38)31(35,36)33(39,40)41/h10-21H,1-9H3. The molecule has 0 saturated carbocycles. The summed E-state index contributed by atoms with van der Waals surface area (Å²) >= 11 is 0. The first-order valence-electron chi connectivity index (χ1n) is 14.6. The lowest BCUT2D eigenvalue weighted by atomic mass is 9.87. The Hall–Kier alpha value is -2.71. The summed E-state index contributed by atoms with van der Waals surface area (Å²) in [4.78, 5) is -0.395. The van der Waals surface area contributed by atoms with Crippen molar-refractivity contribution in [1.29, 1.82) is 0 Å². The van der Waals surface area contributed by atoms with E-state index in [0.717, 1.165) is 0 Å². The van der Waals surface area contributed by atoms with Gasteiger partial charge in [0.25, 0.3) is 0 Å². The molecule has 3 rings (SSSR count). The van der Waals surface area contributed by atoms with Crippen LogP contribution in [0.2, 0.25) is 0 Å². The van der Waals surface area contributed by atoms with E-state index in [-0.39, 0.29) is 14.7 Å². The van der Waals surface area contributed by atoms with Gasteiger partial charge in [0, 0.05) is 14.7 Å². The van der Waals surface area contributed by atoms with Gasteiger partial charge in [-0.3, -0.25) is 0 Å². The predicted octanol–water partition coefficient (Wildman–Crippen LogP) is 11.5. The molecule has 3 nitrogen and oxygen atoms in total. The first kappa shape index (κ1) is 39.7. The average Bonchev–Trinajstić information content (AvgIpc) is 2.94. The molecule has 3 aromatic rings. The van der Waals surface area contributed by atoms with Crippen LogP contribution >= 0.6 is 10.3 Å². The highest BCUT2D eigenvalue weighted by Gasteiger charge is 2.86. The van der Waals surface area contributed by atoms with E-state index in [2.05, 4.69) is 0 Å². The average molecular weight is 731 g/mol.